The molecule has 0 bridgehead atoms. The van der Waals surface area contributed by atoms with Crippen molar-refractivity contribution in [2.24, 2.45) is 0 Å². The normalized spacial score (nSPS) is 11.3. The summed E-state index contributed by atoms with van der Waals surface area (Å²) in [6, 6.07) is 7.55. The number of hydrogen-bond donors (Lipinski definition) is 1. The lowest BCUT2D eigenvalue weighted by atomic mass is 10.1. The van der Waals surface area contributed by atoms with Crippen LogP contribution in [0.25, 0.3) is 5.57 Å². The minimum atomic E-state index is -3.16. The van der Waals surface area contributed by atoms with Crippen LogP contribution in [0.5, 0.6) is 0 Å². The second-order valence-corrected chi connectivity index (χ2v) is 5.95. The number of hydrogen-bond acceptors (Lipinski definition) is 2. The molecule has 0 aliphatic rings. The van der Waals surface area contributed by atoms with Crippen molar-refractivity contribution in [1.82, 2.24) is 4.72 Å². The van der Waals surface area contributed by atoms with Gasteiger partial charge in [0.15, 0.2) is 0 Å². The lowest BCUT2D eigenvalue weighted by Gasteiger charge is -2.06. The highest BCUT2D eigenvalue weighted by molar-refractivity contribution is 9.10. The van der Waals surface area contributed by atoms with Crippen LogP contribution in [0.4, 0.5) is 0 Å². The Hall–Kier alpha value is -0.650. The maximum absolute atomic E-state index is 10.9. The maximum Gasteiger partial charge on any atom is 0.209 e. The summed E-state index contributed by atoms with van der Waals surface area (Å²) in [7, 11) is -3.16. The maximum atomic E-state index is 10.9. The second kappa shape index (κ2) is 4.92. The van der Waals surface area contributed by atoms with E-state index in [9.17, 15) is 8.42 Å². The molecular weight excluding hydrogens is 278 g/mol. The fraction of sp³-hybridized carbons (Fsp3) is 0.200. The highest BCUT2D eigenvalue weighted by atomic mass is 79.9. The molecule has 5 heteroatoms. The fourth-order valence-corrected chi connectivity index (χ4v) is 1.71. The van der Waals surface area contributed by atoms with Crippen LogP contribution in [-0.4, -0.2) is 21.2 Å². The number of sulfonamides is 1. The molecule has 3 nitrogen and oxygen atoms in total. The van der Waals surface area contributed by atoms with E-state index in [-0.39, 0.29) is 6.54 Å². The third kappa shape index (κ3) is 4.59. The van der Waals surface area contributed by atoms with Gasteiger partial charge in [-0.25, -0.2) is 13.1 Å². The smallest absolute Gasteiger partial charge is 0.209 e. The Kier molecular flexibility index (Phi) is 4.07. The molecular formula is C10H12BrNO2S. The number of halogens is 1. The molecule has 0 atom stereocenters. The molecule has 0 amide bonds. The van der Waals surface area contributed by atoms with Crippen LogP contribution < -0.4 is 4.72 Å². The average molecular weight is 290 g/mol. The predicted molar refractivity (Wildman–Crippen MR) is 66.0 cm³/mol. The fourth-order valence-electron chi connectivity index (χ4n) is 1.01. The van der Waals surface area contributed by atoms with Crippen molar-refractivity contribution in [1.29, 1.82) is 0 Å². The summed E-state index contributed by atoms with van der Waals surface area (Å²) in [6.45, 7) is 4.05. The SMILES string of the molecule is C=C(CNS(C)(=O)=O)c1ccc(Br)cc1. The first-order chi connectivity index (χ1) is 6.88. The molecule has 0 aliphatic carbocycles. The summed E-state index contributed by atoms with van der Waals surface area (Å²) < 4.78 is 25.1. The monoisotopic (exact) mass is 289 g/mol. The van der Waals surface area contributed by atoms with Crippen molar-refractivity contribution in [3.05, 3.63) is 40.9 Å². The van der Waals surface area contributed by atoms with Gasteiger partial charge in [-0.3, -0.25) is 0 Å². The van der Waals surface area contributed by atoms with Gasteiger partial charge < -0.3 is 0 Å². The first kappa shape index (κ1) is 12.4. The average Bonchev–Trinajstić information content (AvgIpc) is 2.14. The van der Waals surface area contributed by atoms with Crippen LogP contribution in [0.15, 0.2) is 35.3 Å². The van der Waals surface area contributed by atoms with E-state index in [4.69, 9.17) is 0 Å². The Morgan fingerprint density at radius 3 is 2.40 bits per heavy atom. The second-order valence-electron chi connectivity index (χ2n) is 3.20. The van der Waals surface area contributed by atoms with Gasteiger partial charge in [0.05, 0.1) is 6.26 Å². The largest absolute Gasteiger partial charge is 0.213 e. The van der Waals surface area contributed by atoms with E-state index < -0.39 is 10.0 Å². The molecule has 82 valence electrons. The molecule has 0 saturated heterocycles. The van der Waals surface area contributed by atoms with Gasteiger partial charge in [-0.15, -0.1) is 0 Å². The molecule has 0 spiro atoms. The predicted octanol–water partition coefficient (Wildman–Crippen LogP) is 2.01. The van der Waals surface area contributed by atoms with Crippen molar-refractivity contribution < 1.29 is 8.42 Å². The van der Waals surface area contributed by atoms with Crippen molar-refractivity contribution in [3.63, 3.8) is 0 Å². The Morgan fingerprint density at radius 2 is 1.93 bits per heavy atom. The zero-order valence-corrected chi connectivity index (χ0v) is 10.7. The lowest BCUT2D eigenvalue weighted by Crippen LogP contribution is -2.23. The molecule has 15 heavy (non-hydrogen) atoms. The third-order valence-corrected chi connectivity index (χ3v) is 3.00. The first-order valence-electron chi connectivity index (χ1n) is 4.27. The van der Waals surface area contributed by atoms with Crippen molar-refractivity contribution in [3.8, 4) is 0 Å². The van der Waals surface area contributed by atoms with E-state index in [1.54, 1.807) is 0 Å². The Morgan fingerprint density at radius 1 is 1.40 bits per heavy atom. The quantitative estimate of drug-likeness (QED) is 0.922. The molecule has 0 saturated carbocycles. The van der Waals surface area contributed by atoms with E-state index >= 15 is 0 Å². The van der Waals surface area contributed by atoms with Gasteiger partial charge >= 0.3 is 0 Å². The molecule has 0 unspecified atom stereocenters. The molecule has 1 aromatic carbocycles. The van der Waals surface area contributed by atoms with Crippen LogP contribution in [0.3, 0.4) is 0 Å². The summed E-state index contributed by atoms with van der Waals surface area (Å²) in [5.41, 5.74) is 1.67. The third-order valence-electron chi connectivity index (χ3n) is 1.80. The standard InChI is InChI=1S/C10H12BrNO2S/c1-8(7-12-15(2,13)14)9-3-5-10(11)6-4-9/h3-6,12H,1,7H2,2H3. The van der Waals surface area contributed by atoms with E-state index in [1.165, 1.54) is 0 Å². The van der Waals surface area contributed by atoms with Crippen LogP contribution >= 0.6 is 15.9 Å². The van der Waals surface area contributed by atoms with E-state index in [2.05, 4.69) is 27.2 Å². The molecule has 1 N–H and O–H groups in total. The van der Waals surface area contributed by atoms with E-state index in [1.807, 2.05) is 24.3 Å². The summed E-state index contributed by atoms with van der Waals surface area (Å²) in [5, 5.41) is 0. The minimum absolute atomic E-state index is 0.237. The molecule has 0 aromatic heterocycles. The Balaban J connectivity index is 2.66. The summed E-state index contributed by atoms with van der Waals surface area (Å²) in [6.07, 6.45) is 1.13. The molecule has 1 rings (SSSR count). The van der Waals surface area contributed by atoms with Gasteiger partial charge in [0.1, 0.15) is 0 Å². The van der Waals surface area contributed by atoms with Gasteiger partial charge in [0.25, 0.3) is 0 Å². The first-order valence-corrected chi connectivity index (χ1v) is 6.95. The summed E-state index contributed by atoms with van der Waals surface area (Å²) in [5.74, 6) is 0. The molecule has 1 aromatic rings. The summed E-state index contributed by atoms with van der Waals surface area (Å²) >= 11 is 3.32. The number of rotatable bonds is 4. The van der Waals surface area contributed by atoms with Crippen molar-refractivity contribution >= 4 is 31.5 Å². The number of benzene rings is 1. The van der Waals surface area contributed by atoms with E-state index in [0.29, 0.717) is 0 Å². The molecule has 0 fully saturated rings. The van der Waals surface area contributed by atoms with Crippen molar-refractivity contribution in [2.75, 3.05) is 12.8 Å². The number of nitrogens with one attached hydrogen (secondary N) is 1. The van der Waals surface area contributed by atoms with Gasteiger partial charge in [0.2, 0.25) is 10.0 Å². The van der Waals surface area contributed by atoms with E-state index in [0.717, 1.165) is 21.9 Å². The van der Waals surface area contributed by atoms with Gasteiger partial charge in [0, 0.05) is 11.0 Å². The van der Waals surface area contributed by atoms with Crippen molar-refractivity contribution in [2.45, 2.75) is 0 Å². The highest BCUT2D eigenvalue weighted by Crippen LogP contribution is 2.15. The summed E-state index contributed by atoms with van der Waals surface area (Å²) in [4.78, 5) is 0. The van der Waals surface area contributed by atoms with Gasteiger partial charge in [-0.05, 0) is 23.3 Å². The van der Waals surface area contributed by atoms with Crippen LogP contribution in [0.2, 0.25) is 0 Å². The molecule has 0 radical (unpaired) electrons. The molecule has 0 heterocycles. The molecule has 0 aliphatic heterocycles. The zero-order chi connectivity index (χ0) is 11.5. The van der Waals surface area contributed by atoms with Gasteiger partial charge in [-0.2, -0.15) is 0 Å². The topological polar surface area (TPSA) is 46.2 Å². The highest BCUT2D eigenvalue weighted by Gasteiger charge is 2.03. The zero-order valence-electron chi connectivity index (χ0n) is 8.33. The van der Waals surface area contributed by atoms with Gasteiger partial charge in [-0.1, -0.05) is 34.6 Å². The Bertz CT molecular complexity index is 451. The van der Waals surface area contributed by atoms with Crippen LogP contribution in [0, 0.1) is 0 Å². The minimum Gasteiger partial charge on any atom is -0.213 e. The van der Waals surface area contributed by atoms with Crippen LogP contribution in [0.1, 0.15) is 5.56 Å². The Labute approximate surface area is 98.4 Å². The lowest BCUT2D eigenvalue weighted by molar-refractivity contribution is 0.592. The van der Waals surface area contributed by atoms with Crippen LogP contribution in [-0.2, 0) is 10.0 Å².